The second-order valence-corrected chi connectivity index (χ2v) is 8.53. The van der Waals surface area contributed by atoms with Gasteiger partial charge in [-0.15, -0.1) is 0 Å². The first-order chi connectivity index (χ1) is 17.0. The molecule has 0 spiro atoms. The third kappa shape index (κ3) is 5.50. The maximum absolute atomic E-state index is 13.5. The van der Waals surface area contributed by atoms with Crippen molar-refractivity contribution in [2.75, 3.05) is 10.6 Å². The molecule has 0 saturated carbocycles. The highest BCUT2D eigenvalue weighted by Gasteiger charge is 2.08. The van der Waals surface area contributed by atoms with E-state index < -0.39 is 5.82 Å². The second kappa shape index (κ2) is 9.99. The summed E-state index contributed by atoms with van der Waals surface area (Å²) in [6.45, 7) is 2.66. The number of hydrogen-bond acceptors (Lipinski definition) is 5. The number of aromatic nitrogens is 2. The predicted molar refractivity (Wildman–Crippen MR) is 139 cm³/mol. The maximum atomic E-state index is 13.5. The number of benzene rings is 4. The molecule has 0 unspecified atom stereocenters. The molecule has 0 radical (unpaired) electrons. The summed E-state index contributed by atoms with van der Waals surface area (Å²) in [5.41, 5.74) is 4.61. The van der Waals surface area contributed by atoms with Crippen molar-refractivity contribution in [2.24, 2.45) is 0 Å². The highest BCUT2D eigenvalue weighted by atomic mass is 35.5. The van der Waals surface area contributed by atoms with Crippen molar-refractivity contribution in [1.82, 2.24) is 9.97 Å². The van der Waals surface area contributed by atoms with E-state index in [0.717, 1.165) is 33.7 Å². The largest absolute Gasteiger partial charge is 0.457 e. The van der Waals surface area contributed by atoms with Gasteiger partial charge in [-0.3, -0.25) is 0 Å². The topological polar surface area (TPSA) is 59.1 Å². The number of nitrogens with one attached hydrogen (secondary N) is 2. The monoisotopic (exact) mass is 484 g/mol. The van der Waals surface area contributed by atoms with Crippen LogP contribution in [0.15, 0.2) is 91.3 Å². The minimum atomic E-state index is -0.468. The summed E-state index contributed by atoms with van der Waals surface area (Å²) in [5, 5.41) is 7.53. The predicted octanol–water partition coefficient (Wildman–Crippen LogP) is 7.88. The van der Waals surface area contributed by atoms with E-state index in [0.29, 0.717) is 18.1 Å². The number of nitrogens with zero attached hydrogens (tertiary/aromatic N) is 2. The minimum absolute atomic E-state index is 0.0457. The Kier molecular flexibility index (Phi) is 6.46. The number of hydrogen-bond donors (Lipinski definition) is 2. The fourth-order valence-electron chi connectivity index (χ4n) is 3.64. The highest BCUT2D eigenvalue weighted by molar-refractivity contribution is 6.31. The lowest BCUT2D eigenvalue weighted by Gasteiger charge is -2.12. The van der Waals surface area contributed by atoms with Gasteiger partial charge < -0.3 is 15.4 Å². The molecule has 0 atom stereocenters. The smallest absolute Gasteiger partial charge is 0.141 e. The summed E-state index contributed by atoms with van der Waals surface area (Å²) in [6.07, 6.45) is 1.49. The quantitative estimate of drug-likeness (QED) is 0.246. The van der Waals surface area contributed by atoms with Gasteiger partial charge in [-0.25, -0.2) is 14.4 Å². The Bertz CT molecular complexity index is 1490. The van der Waals surface area contributed by atoms with E-state index in [9.17, 15) is 4.39 Å². The van der Waals surface area contributed by atoms with Gasteiger partial charge in [0, 0.05) is 23.3 Å². The van der Waals surface area contributed by atoms with Crippen LogP contribution in [0.3, 0.4) is 0 Å². The number of anilines is 3. The Balaban J connectivity index is 1.32. The minimum Gasteiger partial charge on any atom is -0.457 e. The first kappa shape index (κ1) is 22.6. The van der Waals surface area contributed by atoms with E-state index in [1.807, 2.05) is 73.7 Å². The van der Waals surface area contributed by atoms with Crippen molar-refractivity contribution < 1.29 is 9.13 Å². The number of halogens is 2. The summed E-state index contributed by atoms with van der Waals surface area (Å²) >= 11 is 5.92. The van der Waals surface area contributed by atoms with Gasteiger partial charge in [0.2, 0.25) is 0 Å². The Morgan fingerprint density at radius 1 is 0.857 bits per heavy atom. The van der Waals surface area contributed by atoms with Crippen LogP contribution in [0, 0.1) is 12.7 Å². The highest BCUT2D eigenvalue weighted by Crippen LogP contribution is 2.28. The van der Waals surface area contributed by atoms with Crippen LogP contribution in [0.5, 0.6) is 11.5 Å². The van der Waals surface area contributed by atoms with Gasteiger partial charge >= 0.3 is 0 Å². The fraction of sp³-hybridized carbons (Fsp3) is 0.0714. The van der Waals surface area contributed by atoms with Crippen molar-refractivity contribution in [3.05, 3.63) is 113 Å². The Labute approximate surface area is 207 Å². The molecule has 0 aliphatic rings. The summed E-state index contributed by atoms with van der Waals surface area (Å²) in [5.74, 6) is 1.72. The lowest BCUT2D eigenvalue weighted by atomic mass is 10.1. The molecule has 2 N–H and O–H groups in total. The van der Waals surface area contributed by atoms with Crippen molar-refractivity contribution >= 4 is 39.7 Å². The average molecular weight is 485 g/mol. The third-order valence-corrected chi connectivity index (χ3v) is 5.76. The second-order valence-electron chi connectivity index (χ2n) is 8.12. The van der Waals surface area contributed by atoms with Crippen molar-refractivity contribution in [3.63, 3.8) is 0 Å². The molecule has 0 aliphatic carbocycles. The molecule has 1 aromatic heterocycles. The number of ether oxygens (including phenoxy) is 1. The molecule has 0 fully saturated rings. The zero-order valence-electron chi connectivity index (χ0n) is 18.9. The molecule has 5 nitrogen and oxygen atoms in total. The molecule has 5 aromatic rings. The first-order valence-electron chi connectivity index (χ1n) is 11.1. The van der Waals surface area contributed by atoms with Crippen molar-refractivity contribution in [1.29, 1.82) is 0 Å². The van der Waals surface area contributed by atoms with Crippen LogP contribution in [0.4, 0.5) is 21.6 Å². The van der Waals surface area contributed by atoms with Crippen LogP contribution in [-0.2, 0) is 6.54 Å². The zero-order valence-corrected chi connectivity index (χ0v) is 19.7. The number of rotatable bonds is 7. The molecule has 0 bridgehead atoms. The van der Waals surface area contributed by atoms with E-state index in [1.165, 1.54) is 24.0 Å². The summed E-state index contributed by atoms with van der Waals surface area (Å²) in [6, 6.07) is 26.3. The molecular weight excluding hydrogens is 463 g/mol. The summed E-state index contributed by atoms with van der Waals surface area (Å²) in [4.78, 5) is 8.72. The van der Waals surface area contributed by atoms with Crippen LogP contribution < -0.4 is 15.4 Å². The summed E-state index contributed by atoms with van der Waals surface area (Å²) < 4.78 is 19.5. The van der Waals surface area contributed by atoms with Gasteiger partial charge in [-0.05, 0) is 73.2 Å². The van der Waals surface area contributed by atoms with Crippen molar-refractivity contribution in [3.8, 4) is 11.5 Å². The van der Waals surface area contributed by atoms with Crippen LogP contribution >= 0.6 is 11.6 Å². The Hall–Kier alpha value is -4.16. The van der Waals surface area contributed by atoms with E-state index in [1.54, 1.807) is 6.07 Å². The number of fused-ring (bicyclic) bond motifs is 1. The zero-order chi connectivity index (χ0) is 24.2. The van der Waals surface area contributed by atoms with Crippen molar-refractivity contribution in [2.45, 2.75) is 13.5 Å². The molecule has 0 amide bonds. The fourth-order valence-corrected chi connectivity index (χ4v) is 3.82. The van der Waals surface area contributed by atoms with Gasteiger partial charge in [-0.1, -0.05) is 41.4 Å². The molecule has 7 heteroatoms. The van der Waals surface area contributed by atoms with Crippen LogP contribution in [0.1, 0.15) is 11.1 Å². The molecule has 174 valence electrons. The standard InChI is InChI=1S/C28H22ClFN4O/c1-18-5-9-22(10-6-18)35-23-4-2-3-19(13-23)16-31-20-8-12-27-24(14-20)28(33-17-32-27)34-21-7-11-26(30)25(29)15-21/h2-15,17,31H,16H2,1H3,(H,32,33,34). The van der Waals surface area contributed by atoms with Crippen LogP contribution in [0.25, 0.3) is 10.9 Å². The van der Waals surface area contributed by atoms with Gasteiger partial charge in [0.15, 0.2) is 0 Å². The average Bonchev–Trinajstić information content (AvgIpc) is 2.87. The molecular formula is C28H22ClFN4O. The van der Waals surface area contributed by atoms with Gasteiger partial charge in [0.25, 0.3) is 0 Å². The van der Waals surface area contributed by atoms with Crippen LogP contribution in [-0.4, -0.2) is 9.97 Å². The molecule has 1 heterocycles. The van der Waals surface area contributed by atoms with E-state index >= 15 is 0 Å². The van der Waals surface area contributed by atoms with E-state index in [-0.39, 0.29) is 5.02 Å². The maximum Gasteiger partial charge on any atom is 0.141 e. The third-order valence-electron chi connectivity index (χ3n) is 5.47. The molecule has 35 heavy (non-hydrogen) atoms. The molecule has 4 aromatic carbocycles. The summed E-state index contributed by atoms with van der Waals surface area (Å²) in [7, 11) is 0. The SMILES string of the molecule is Cc1ccc(Oc2cccc(CNc3ccc4ncnc(Nc5ccc(F)c(Cl)c5)c4c3)c2)cc1. The molecule has 0 saturated heterocycles. The molecule has 0 aliphatic heterocycles. The van der Waals surface area contributed by atoms with E-state index in [4.69, 9.17) is 16.3 Å². The lowest BCUT2D eigenvalue weighted by Crippen LogP contribution is -2.01. The Morgan fingerprint density at radius 2 is 1.69 bits per heavy atom. The van der Waals surface area contributed by atoms with Gasteiger partial charge in [0.05, 0.1) is 10.5 Å². The van der Waals surface area contributed by atoms with Gasteiger partial charge in [0.1, 0.15) is 29.5 Å². The van der Waals surface area contributed by atoms with Gasteiger partial charge in [-0.2, -0.15) is 0 Å². The van der Waals surface area contributed by atoms with Crippen LogP contribution in [0.2, 0.25) is 5.02 Å². The first-order valence-corrected chi connectivity index (χ1v) is 11.5. The normalized spacial score (nSPS) is 10.8. The van der Waals surface area contributed by atoms with E-state index in [2.05, 4.69) is 20.6 Å². The molecule has 5 rings (SSSR count). The Morgan fingerprint density at radius 3 is 2.51 bits per heavy atom. The number of aryl methyl sites for hydroxylation is 1. The lowest BCUT2D eigenvalue weighted by molar-refractivity contribution is 0.482.